The second-order valence-corrected chi connectivity index (χ2v) is 5.74. The van der Waals surface area contributed by atoms with Crippen LogP contribution in [0, 0.1) is 0 Å². The highest BCUT2D eigenvalue weighted by atomic mass is 19.4. The average Bonchev–Trinajstić information content (AvgIpc) is 2.45. The highest BCUT2D eigenvalue weighted by Crippen LogP contribution is 2.39. The van der Waals surface area contributed by atoms with Gasteiger partial charge in [0, 0.05) is 29.3 Å². The van der Waals surface area contributed by atoms with E-state index in [1.165, 1.54) is 6.07 Å². The molecule has 0 amide bonds. The van der Waals surface area contributed by atoms with Gasteiger partial charge in [-0.25, -0.2) is 0 Å². The average molecular weight is 307 g/mol. The zero-order valence-electron chi connectivity index (χ0n) is 12.1. The van der Waals surface area contributed by atoms with Gasteiger partial charge in [0.1, 0.15) is 0 Å². The van der Waals surface area contributed by atoms with Crippen LogP contribution >= 0.6 is 0 Å². The molecule has 2 nitrogen and oxygen atoms in total. The Morgan fingerprint density at radius 2 is 2.00 bits per heavy atom. The number of nitrogens with one attached hydrogen (secondary N) is 1. The van der Waals surface area contributed by atoms with Crippen molar-refractivity contribution in [2.75, 3.05) is 0 Å². The number of Topliss-reactive ketones (excluding diaryl/α,β-unsaturated/α-hetero) is 1. The number of allylic oxidation sites excluding steroid dienone is 4. The maximum atomic E-state index is 12.9. The van der Waals surface area contributed by atoms with Crippen LogP contribution in [0.1, 0.15) is 43.2 Å². The van der Waals surface area contributed by atoms with Crippen LogP contribution in [-0.4, -0.2) is 5.78 Å². The summed E-state index contributed by atoms with van der Waals surface area (Å²) in [5, 5.41) is 3.19. The molecular weight excluding hydrogens is 291 g/mol. The molecule has 0 saturated heterocycles. The number of hydrogen-bond donors (Lipinski definition) is 1. The number of carbonyl (C=O) groups excluding carboxylic acids is 1. The Morgan fingerprint density at radius 3 is 2.73 bits per heavy atom. The van der Waals surface area contributed by atoms with Crippen LogP contribution in [0.4, 0.5) is 13.2 Å². The molecule has 1 heterocycles. The predicted molar refractivity (Wildman–Crippen MR) is 77.0 cm³/mol. The zero-order valence-corrected chi connectivity index (χ0v) is 12.1. The Balaban J connectivity index is 2.07. The molecule has 1 atom stereocenters. The van der Waals surface area contributed by atoms with E-state index in [1.807, 2.05) is 13.0 Å². The molecule has 0 fully saturated rings. The lowest BCUT2D eigenvalue weighted by atomic mass is 9.79. The molecule has 1 aromatic rings. The van der Waals surface area contributed by atoms with Crippen LogP contribution < -0.4 is 5.32 Å². The van der Waals surface area contributed by atoms with E-state index in [0.717, 1.165) is 36.4 Å². The van der Waals surface area contributed by atoms with Gasteiger partial charge in [-0.05, 0) is 31.4 Å². The lowest BCUT2D eigenvalue weighted by Crippen LogP contribution is -2.28. The van der Waals surface area contributed by atoms with E-state index in [9.17, 15) is 18.0 Å². The van der Waals surface area contributed by atoms with Gasteiger partial charge in [-0.1, -0.05) is 24.3 Å². The minimum absolute atomic E-state index is 0.0277. The Kier molecular flexibility index (Phi) is 3.59. The second-order valence-electron chi connectivity index (χ2n) is 5.74. The van der Waals surface area contributed by atoms with Crippen molar-refractivity contribution < 1.29 is 18.0 Å². The van der Waals surface area contributed by atoms with Crippen molar-refractivity contribution in [3.8, 4) is 0 Å². The summed E-state index contributed by atoms with van der Waals surface area (Å²) in [5.41, 5.74) is 2.18. The third-order valence-electron chi connectivity index (χ3n) is 4.10. The van der Waals surface area contributed by atoms with E-state index in [-0.39, 0.29) is 5.78 Å². The van der Waals surface area contributed by atoms with Gasteiger partial charge in [-0.15, -0.1) is 0 Å². The van der Waals surface area contributed by atoms with Crippen molar-refractivity contribution in [2.45, 2.75) is 38.3 Å². The molecule has 0 spiro atoms. The van der Waals surface area contributed by atoms with Crippen LogP contribution in [-0.2, 0) is 11.0 Å². The smallest absolute Gasteiger partial charge is 0.362 e. The largest absolute Gasteiger partial charge is 0.416 e. The standard InChI is InChI=1S/C17H16F3NO/c1-10-8-13(16-14(21-10)6-3-7-15(16)22)11-4-2-5-12(9-11)17(18,19)20/h2,4-5,8-9,13,21H,3,6-7H2,1H3. The maximum absolute atomic E-state index is 12.9. The molecule has 1 N–H and O–H groups in total. The van der Waals surface area contributed by atoms with Gasteiger partial charge in [-0.3, -0.25) is 4.79 Å². The fourth-order valence-electron chi connectivity index (χ4n) is 3.14. The highest BCUT2D eigenvalue weighted by molar-refractivity contribution is 5.99. The van der Waals surface area contributed by atoms with E-state index < -0.39 is 17.7 Å². The lowest BCUT2D eigenvalue weighted by molar-refractivity contribution is -0.137. The summed E-state index contributed by atoms with van der Waals surface area (Å²) in [6.45, 7) is 1.86. The molecule has 0 aromatic heterocycles. The number of dihydropyridines is 1. The summed E-state index contributed by atoms with van der Waals surface area (Å²) < 4.78 is 38.7. The van der Waals surface area contributed by atoms with Gasteiger partial charge in [0.05, 0.1) is 5.56 Å². The van der Waals surface area contributed by atoms with Crippen LogP contribution in [0.3, 0.4) is 0 Å². The maximum Gasteiger partial charge on any atom is 0.416 e. The fourth-order valence-corrected chi connectivity index (χ4v) is 3.14. The third kappa shape index (κ3) is 2.67. The minimum Gasteiger partial charge on any atom is -0.362 e. The summed E-state index contributed by atoms with van der Waals surface area (Å²) in [6.07, 6.45) is -0.537. The van der Waals surface area contributed by atoms with E-state index in [0.29, 0.717) is 17.6 Å². The number of hydrogen-bond acceptors (Lipinski definition) is 2. The highest BCUT2D eigenvalue weighted by Gasteiger charge is 2.34. The first kappa shape index (κ1) is 14.9. The summed E-state index contributed by atoms with van der Waals surface area (Å²) in [7, 11) is 0. The van der Waals surface area contributed by atoms with Crippen LogP contribution in [0.2, 0.25) is 0 Å². The van der Waals surface area contributed by atoms with E-state index in [2.05, 4.69) is 5.32 Å². The van der Waals surface area contributed by atoms with E-state index in [4.69, 9.17) is 0 Å². The van der Waals surface area contributed by atoms with Gasteiger partial charge in [0.2, 0.25) is 0 Å². The quantitative estimate of drug-likeness (QED) is 0.838. The molecule has 5 heteroatoms. The first-order valence-corrected chi connectivity index (χ1v) is 7.25. The summed E-state index contributed by atoms with van der Waals surface area (Å²) in [6, 6.07) is 5.25. The van der Waals surface area contributed by atoms with Crippen LogP contribution in [0.5, 0.6) is 0 Å². The number of ketones is 1. The molecular formula is C17H16F3NO. The topological polar surface area (TPSA) is 29.1 Å². The van der Waals surface area contributed by atoms with Gasteiger partial charge in [0.25, 0.3) is 0 Å². The first-order chi connectivity index (χ1) is 10.4. The SMILES string of the molecule is CC1=CC(c2cccc(C(F)(F)F)c2)C2=C(CCCC2=O)N1. The van der Waals surface area contributed by atoms with Crippen molar-refractivity contribution in [3.63, 3.8) is 0 Å². The van der Waals surface area contributed by atoms with E-state index >= 15 is 0 Å². The Morgan fingerprint density at radius 1 is 1.23 bits per heavy atom. The summed E-state index contributed by atoms with van der Waals surface area (Å²) >= 11 is 0. The van der Waals surface area contributed by atoms with Crippen molar-refractivity contribution in [3.05, 3.63) is 58.4 Å². The molecule has 0 bridgehead atoms. The molecule has 22 heavy (non-hydrogen) atoms. The van der Waals surface area contributed by atoms with Gasteiger partial charge < -0.3 is 5.32 Å². The predicted octanol–water partition coefficient (Wildman–Crippen LogP) is 4.30. The van der Waals surface area contributed by atoms with Crippen molar-refractivity contribution in [2.24, 2.45) is 0 Å². The van der Waals surface area contributed by atoms with Crippen LogP contribution in [0.25, 0.3) is 0 Å². The molecule has 1 aliphatic heterocycles. The molecule has 1 aromatic carbocycles. The van der Waals surface area contributed by atoms with Gasteiger partial charge in [0.15, 0.2) is 5.78 Å². The number of benzene rings is 1. The molecule has 1 aliphatic carbocycles. The fraction of sp³-hybridized carbons (Fsp3) is 0.353. The minimum atomic E-state index is -4.38. The normalized spacial score (nSPS) is 22.1. The molecule has 1 unspecified atom stereocenters. The molecule has 116 valence electrons. The second kappa shape index (κ2) is 5.30. The summed E-state index contributed by atoms with van der Waals surface area (Å²) in [4.78, 5) is 12.3. The number of alkyl halides is 3. The Hall–Kier alpha value is -2.04. The van der Waals surface area contributed by atoms with Gasteiger partial charge in [-0.2, -0.15) is 13.2 Å². The lowest BCUT2D eigenvalue weighted by Gasteiger charge is -2.30. The summed E-state index contributed by atoms with van der Waals surface area (Å²) in [5.74, 6) is -0.369. The monoisotopic (exact) mass is 307 g/mol. The van der Waals surface area contributed by atoms with Crippen LogP contribution in [0.15, 0.2) is 47.3 Å². The third-order valence-corrected chi connectivity index (χ3v) is 4.10. The Labute approximate surface area is 126 Å². The molecule has 0 radical (unpaired) electrons. The van der Waals surface area contributed by atoms with Crippen molar-refractivity contribution in [1.29, 1.82) is 0 Å². The Bertz CT molecular complexity index is 685. The van der Waals surface area contributed by atoms with Crippen molar-refractivity contribution >= 4 is 5.78 Å². The van der Waals surface area contributed by atoms with Gasteiger partial charge >= 0.3 is 6.18 Å². The molecule has 2 aliphatic rings. The molecule has 0 saturated carbocycles. The molecule has 3 rings (SSSR count). The zero-order chi connectivity index (χ0) is 15.9. The van der Waals surface area contributed by atoms with E-state index in [1.54, 1.807) is 6.07 Å². The number of carbonyl (C=O) groups is 1. The first-order valence-electron chi connectivity index (χ1n) is 7.25. The number of rotatable bonds is 1. The number of halogens is 3. The van der Waals surface area contributed by atoms with Crippen molar-refractivity contribution in [1.82, 2.24) is 5.32 Å².